The van der Waals surface area contributed by atoms with Gasteiger partial charge in [-0.05, 0) is 36.1 Å². The highest BCUT2D eigenvalue weighted by atomic mass is 35.5. The fourth-order valence-corrected chi connectivity index (χ4v) is 4.26. The second-order valence-electron chi connectivity index (χ2n) is 8.81. The van der Waals surface area contributed by atoms with E-state index in [1.165, 1.54) is 6.33 Å². The maximum atomic E-state index is 13.1. The molecule has 0 radical (unpaired) electrons. The number of ether oxygens (including phenoxy) is 2. The van der Waals surface area contributed by atoms with E-state index in [9.17, 15) is 9.90 Å². The number of fused-ring (bicyclic) bond motifs is 2. The molecule has 10 heteroatoms. The van der Waals surface area contributed by atoms with Gasteiger partial charge in [-0.1, -0.05) is 31.5 Å². The van der Waals surface area contributed by atoms with E-state index in [1.807, 2.05) is 19.9 Å². The number of phenolic OH excluding ortho intramolecular Hbond substituents is 1. The molecule has 2 bridgehead atoms. The SMILES string of the molecule is COC1NCCCOc2cc3c(ncnc3cc2O)Nc2cc(Cl)ccc2CC(=O)NC1C(C)C. The molecule has 35 heavy (non-hydrogen) atoms. The van der Waals surface area contributed by atoms with Crippen LogP contribution in [0.4, 0.5) is 11.5 Å². The highest BCUT2D eigenvalue weighted by Crippen LogP contribution is 2.35. The Morgan fingerprint density at radius 2 is 2.06 bits per heavy atom. The van der Waals surface area contributed by atoms with Gasteiger partial charge in [0.15, 0.2) is 11.5 Å². The number of nitrogens with one attached hydrogen (secondary N) is 3. The molecule has 1 amide bonds. The zero-order valence-corrected chi connectivity index (χ0v) is 20.7. The molecule has 186 valence electrons. The molecule has 1 aromatic heterocycles. The van der Waals surface area contributed by atoms with Gasteiger partial charge in [0.05, 0.1) is 24.6 Å². The minimum Gasteiger partial charge on any atom is -0.504 e. The summed E-state index contributed by atoms with van der Waals surface area (Å²) >= 11 is 6.29. The summed E-state index contributed by atoms with van der Waals surface area (Å²) in [6, 6.07) is 8.34. The molecule has 2 unspecified atom stereocenters. The van der Waals surface area contributed by atoms with Crippen LogP contribution < -0.4 is 20.7 Å². The number of anilines is 2. The lowest BCUT2D eigenvalue weighted by Crippen LogP contribution is -2.54. The van der Waals surface area contributed by atoms with Gasteiger partial charge in [0.2, 0.25) is 5.91 Å². The van der Waals surface area contributed by atoms with E-state index in [-0.39, 0.29) is 36.3 Å². The van der Waals surface area contributed by atoms with Crippen LogP contribution in [-0.2, 0) is 16.0 Å². The summed E-state index contributed by atoms with van der Waals surface area (Å²) in [6.45, 7) is 5.05. The molecule has 0 saturated carbocycles. The number of nitrogens with zero attached hydrogens (tertiary/aromatic N) is 2. The third kappa shape index (κ3) is 5.93. The normalized spacial score (nSPS) is 19.5. The third-order valence-corrected chi connectivity index (χ3v) is 6.18. The summed E-state index contributed by atoms with van der Waals surface area (Å²) < 4.78 is 11.5. The molecule has 4 rings (SSSR count). The van der Waals surface area contributed by atoms with Crippen molar-refractivity contribution >= 4 is 39.9 Å². The van der Waals surface area contributed by atoms with Crippen LogP contribution in [0.25, 0.3) is 10.9 Å². The van der Waals surface area contributed by atoms with E-state index in [4.69, 9.17) is 21.1 Å². The quantitative estimate of drug-likeness (QED) is 0.421. The van der Waals surface area contributed by atoms with Crippen molar-refractivity contribution in [1.29, 1.82) is 0 Å². The summed E-state index contributed by atoms with van der Waals surface area (Å²) in [6.07, 6.45) is 1.84. The van der Waals surface area contributed by atoms with Crippen molar-refractivity contribution in [3.05, 3.63) is 47.2 Å². The van der Waals surface area contributed by atoms with Crippen molar-refractivity contribution in [1.82, 2.24) is 20.6 Å². The van der Waals surface area contributed by atoms with Crippen LogP contribution >= 0.6 is 11.6 Å². The van der Waals surface area contributed by atoms with E-state index in [0.29, 0.717) is 52.8 Å². The average Bonchev–Trinajstić information content (AvgIpc) is 2.82. The van der Waals surface area contributed by atoms with Crippen LogP contribution in [0.2, 0.25) is 5.02 Å². The topological polar surface area (TPSA) is 118 Å². The predicted molar refractivity (Wildman–Crippen MR) is 135 cm³/mol. The monoisotopic (exact) mass is 499 g/mol. The van der Waals surface area contributed by atoms with Gasteiger partial charge in [-0.15, -0.1) is 0 Å². The number of aromatic hydroxyl groups is 1. The first-order chi connectivity index (χ1) is 16.9. The van der Waals surface area contributed by atoms with E-state index >= 15 is 0 Å². The number of methoxy groups -OCH3 is 1. The zero-order valence-electron chi connectivity index (χ0n) is 20.0. The van der Waals surface area contributed by atoms with Gasteiger partial charge in [-0.3, -0.25) is 10.1 Å². The van der Waals surface area contributed by atoms with Gasteiger partial charge in [0, 0.05) is 35.8 Å². The smallest absolute Gasteiger partial charge is 0.224 e. The second-order valence-corrected chi connectivity index (χ2v) is 9.25. The highest BCUT2D eigenvalue weighted by molar-refractivity contribution is 6.31. The lowest BCUT2D eigenvalue weighted by Gasteiger charge is -2.31. The third-order valence-electron chi connectivity index (χ3n) is 5.94. The molecule has 9 nitrogen and oxygen atoms in total. The number of phenols is 1. The standard InChI is InChI=1S/C25H30ClN5O4/c1-14(2)23-25(34-3)27-7-4-8-35-21-11-17-19(12-20(21)32)28-13-29-24(17)30-18-10-16(26)6-5-15(18)9-22(33)31-23/h5-6,10-14,23,25,27,32H,4,7-9H2,1-3H3,(H,31,33)(H,28,29,30). The number of aromatic nitrogens is 2. The van der Waals surface area contributed by atoms with Crippen LogP contribution in [0, 0.1) is 5.92 Å². The molecule has 1 aliphatic heterocycles. The van der Waals surface area contributed by atoms with Gasteiger partial charge in [-0.25, -0.2) is 9.97 Å². The summed E-state index contributed by atoms with van der Waals surface area (Å²) in [5.74, 6) is 0.844. The second kappa shape index (κ2) is 11.1. The number of hydrogen-bond donors (Lipinski definition) is 4. The van der Waals surface area contributed by atoms with Gasteiger partial charge >= 0.3 is 0 Å². The van der Waals surface area contributed by atoms with E-state index < -0.39 is 0 Å². The molecule has 2 heterocycles. The average molecular weight is 500 g/mol. The molecule has 1 aliphatic rings. The summed E-state index contributed by atoms with van der Waals surface area (Å²) in [7, 11) is 1.62. The first kappa shape index (κ1) is 25.0. The molecule has 0 aliphatic carbocycles. The molecule has 0 fully saturated rings. The fraction of sp³-hybridized carbons (Fsp3) is 0.400. The largest absolute Gasteiger partial charge is 0.504 e. The molecule has 0 spiro atoms. The number of halogens is 1. The van der Waals surface area contributed by atoms with Gasteiger partial charge < -0.3 is 25.2 Å². The van der Waals surface area contributed by atoms with Crippen molar-refractivity contribution in [2.24, 2.45) is 5.92 Å². The van der Waals surface area contributed by atoms with Gasteiger partial charge in [0.1, 0.15) is 18.4 Å². The van der Waals surface area contributed by atoms with Crippen LogP contribution in [0.3, 0.4) is 0 Å². The lowest BCUT2D eigenvalue weighted by atomic mass is 10.0. The summed E-state index contributed by atoms with van der Waals surface area (Å²) in [5.41, 5.74) is 1.95. The Hall–Kier alpha value is -3.14. The first-order valence-corrected chi connectivity index (χ1v) is 11.9. The predicted octanol–water partition coefficient (Wildman–Crippen LogP) is 3.76. The Morgan fingerprint density at radius 1 is 1.23 bits per heavy atom. The minimum absolute atomic E-state index is 0.000840. The van der Waals surface area contributed by atoms with Crippen molar-refractivity contribution in [3.63, 3.8) is 0 Å². The van der Waals surface area contributed by atoms with Gasteiger partial charge in [0.25, 0.3) is 0 Å². The van der Waals surface area contributed by atoms with E-state index in [1.54, 1.807) is 31.4 Å². The Morgan fingerprint density at radius 3 is 2.83 bits per heavy atom. The van der Waals surface area contributed by atoms with Crippen LogP contribution in [0.1, 0.15) is 25.8 Å². The number of hydrogen-bond acceptors (Lipinski definition) is 8. The molecule has 4 N–H and O–H groups in total. The first-order valence-electron chi connectivity index (χ1n) is 11.6. The Labute approximate surface area is 209 Å². The fourth-order valence-electron chi connectivity index (χ4n) is 4.09. The molecule has 2 atom stereocenters. The number of benzene rings is 2. The Kier molecular flexibility index (Phi) is 7.90. The summed E-state index contributed by atoms with van der Waals surface area (Å²) in [4.78, 5) is 21.8. The maximum Gasteiger partial charge on any atom is 0.224 e. The van der Waals surface area contributed by atoms with Crippen molar-refractivity contribution in [2.45, 2.75) is 39.0 Å². The molecular weight excluding hydrogens is 470 g/mol. The van der Waals surface area contributed by atoms with Gasteiger partial charge in [-0.2, -0.15) is 0 Å². The van der Waals surface area contributed by atoms with Crippen LogP contribution in [0.5, 0.6) is 11.5 Å². The number of carbonyl (C=O) groups excluding carboxylic acids is 1. The van der Waals surface area contributed by atoms with Crippen molar-refractivity contribution in [2.75, 3.05) is 25.6 Å². The maximum absolute atomic E-state index is 13.1. The molecule has 0 saturated heterocycles. The van der Waals surface area contributed by atoms with Crippen LogP contribution in [0.15, 0.2) is 36.7 Å². The summed E-state index contributed by atoms with van der Waals surface area (Å²) in [5, 5.41) is 21.4. The number of amides is 1. The zero-order chi connectivity index (χ0) is 24.9. The number of rotatable bonds is 2. The Bertz CT molecular complexity index is 1210. The van der Waals surface area contributed by atoms with E-state index in [2.05, 4.69) is 25.9 Å². The molecule has 2 aromatic carbocycles. The van der Waals surface area contributed by atoms with Crippen molar-refractivity contribution < 1.29 is 19.4 Å². The molecule has 3 aromatic rings. The highest BCUT2D eigenvalue weighted by Gasteiger charge is 2.26. The Balaban J connectivity index is 1.75. The van der Waals surface area contributed by atoms with E-state index in [0.717, 1.165) is 5.56 Å². The minimum atomic E-state index is -0.373. The lowest BCUT2D eigenvalue weighted by molar-refractivity contribution is -0.123. The van der Waals surface area contributed by atoms with Crippen LogP contribution in [-0.4, -0.2) is 53.5 Å². The number of carbonyl (C=O) groups is 1. The van der Waals surface area contributed by atoms with Crippen molar-refractivity contribution in [3.8, 4) is 11.5 Å². The molecular formula is C25H30ClN5O4.